The fourth-order valence-electron chi connectivity index (χ4n) is 7.40. The van der Waals surface area contributed by atoms with Crippen molar-refractivity contribution in [2.45, 2.75) is 49.7 Å². The molecule has 1 unspecified atom stereocenters. The minimum absolute atomic E-state index is 0.0502. The Kier molecular flexibility index (Phi) is 7.89. The van der Waals surface area contributed by atoms with Crippen molar-refractivity contribution in [1.82, 2.24) is 24.5 Å². The van der Waals surface area contributed by atoms with Gasteiger partial charge in [0.2, 0.25) is 15.9 Å². The number of nitrogen functional groups attached to an aromatic ring is 1. The number of hydrogen-bond donors (Lipinski definition) is 3. The zero-order valence-electron chi connectivity index (χ0n) is 27.4. The number of nitrogens with two attached hydrogens (primary N) is 2. The van der Waals surface area contributed by atoms with Crippen LogP contribution in [0.3, 0.4) is 0 Å². The second-order valence-electron chi connectivity index (χ2n) is 13.2. The predicted molar refractivity (Wildman–Crippen MR) is 175 cm³/mol. The molecule has 0 bridgehead atoms. The van der Waals surface area contributed by atoms with Crippen molar-refractivity contribution in [3.05, 3.63) is 88.0 Å². The molecule has 7 rings (SSSR count). The molecule has 0 aliphatic heterocycles. The van der Waals surface area contributed by atoms with Gasteiger partial charge in [-0.1, -0.05) is 12.1 Å². The number of alkyl halides is 5. The highest BCUT2D eigenvalue weighted by Crippen LogP contribution is 2.69. The predicted octanol–water partition coefficient (Wildman–Crippen LogP) is 5.65. The second-order valence-corrected chi connectivity index (χ2v) is 15.0. The summed E-state index contributed by atoms with van der Waals surface area (Å²) in [7, 11) is -2.30. The smallest absolute Gasteiger partial charge is 0.397 e. The number of carbonyl (C=O) groups is 1. The van der Waals surface area contributed by atoms with Gasteiger partial charge in [-0.05, 0) is 55.5 Å². The Labute approximate surface area is 290 Å². The molecule has 4 atom stereocenters. The van der Waals surface area contributed by atoms with Gasteiger partial charge in [0.15, 0.2) is 11.5 Å². The fourth-order valence-corrected chi connectivity index (χ4v) is 7.91. The molecule has 274 valence electrons. The molecular formula is C33H29F7N8O3S. The average Bonchev–Trinajstić information content (AvgIpc) is 3.55. The van der Waals surface area contributed by atoms with Gasteiger partial charge in [0.05, 0.1) is 28.8 Å². The van der Waals surface area contributed by atoms with Gasteiger partial charge < -0.3 is 11.5 Å². The number of halogens is 7. The quantitative estimate of drug-likeness (QED) is 0.164. The highest BCUT2D eigenvalue weighted by atomic mass is 32.2. The summed E-state index contributed by atoms with van der Waals surface area (Å²) in [6.45, 7) is 1.48. The largest absolute Gasteiger partial charge is 0.435 e. The van der Waals surface area contributed by atoms with Crippen LogP contribution in [0.4, 0.5) is 42.2 Å². The maximum atomic E-state index is 15.9. The molecule has 19 heteroatoms. The van der Waals surface area contributed by atoms with E-state index in [9.17, 15) is 35.2 Å². The molecule has 52 heavy (non-hydrogen) atoms. The maximum Gasteiger partial charge on any atom is 0.435 e. The Morgan fingerprint density at radius 2 is 1.77 bits per heavy atom. The van der Waals surface area contributed by atoms with E-state index in [-0.39, 0.29) is 46.0 Å². The normalized spacial score (nSPS) is 19.0. The molecule has 2 aliphatic carbocycles. The number of rotatable bonds is 9. The van der Waals surface area contributed by atoms with Crippen LogP contribution in [0.25, 0.3) is 22.0 Å². The molecule has 3 aromatic heterocycles. The molecule has 2 aromatic carbocycles. The van der Waals surface area contributed by atoms with E-state index in [0.29, 0.717) is 21.7 Å². The molecule has 5 aromatic rings. The number of amides is 1. The number of primary amides is 1. The molecular weight excluding hydrogens is 721 g/mol. The Balaban J connectivity index is 1.53. The number of nitrogens with one attached hydrogen (secondary N) is 1. The van der Waals surface area contributed by atoms with E-state index in [1.54, 1.807) is 12.1 Å². The molecule has 1 saturated carbocycles. The summed E-state index contributed by atoms with van der Waals surface area (Å²) in [6, 6.07) is 6.40. The van der Waals surface area contributed by atoms with Crippen LogP contribution >= 0.6 is 0 Å². The molecule has 5 N–H and O–H groups in total. The van der Waals surface area contributed by atoms with Crippen molar-refractivity contribution in [2.24, 2.45) is 18.7 Å². The first-order chi connectivity index (χ1) is 24.2. The lowest BCUT2D eigenvalue weighted by molar-refractivity contribution is -0.142. The first kappa shape index (κ1) is 35.2. The first-order valence-corrected chi connectivity index (χ1v) is 17.6. The van der Waals surface area contributed by atoms with E-state index in [2.05, 4.69) is 19.9 Å². The number of sulfonamides is 1. The highest BCUT2D eigenvalue weighted by molar-refractivity contribution is 7.92. The van der Waals surface area contributed by atoms with Crippen LogP contribution in [0.5, 0.6) is 0 Å². The Hall–Kier alpha value is -5.20. The topological polar surface area (TPSA) is 164 Å². The number of para-hydroxylation sites is 1. The van der Waals surface area contributed by atoms with Gasteiger partial charge in [0.25, 0.3) is 5.92 Å². The zero-order chi connectivity index (χ0) is 37.8. The van der Waals surface area contributed by atoms with Crippen LogP contribution in [0.1, 0.15) is 58.2 Å². The lowest BCUT2D eigenvalue weighted by Crippen LogP contribution is -2.37. The molecule has 11 nitrogen and oxygen atoms in total. The number of hydrogen-bond acceptors (Lipinski definition) is 7. The Morgan fingerprint density at radius 1 is 1.10 bits per heavy atom. The molecule has 0 radical (unpaired) electrons. The molecule has 3 heterocycles. The van der Waals surface area contributed by atoms with Crippen molar-refractivity contribution >= 4 is 38.3 Å². The van der Waals surface area contributed by atoms with E-state index < -0.39 is 86.8 Å². The van der Waals surface area contributed by atoms with Gasteiger partial charge in [-0.2, -0.15) is 32.1 Å². The summed E-state index contributed by atoms with van der Waals surface area (Å²) in [5.41, 5.74) is 9.51. The molecule has 1 amide bonds. The van der Waals surface area contributed by atoms with Crippen LogP contribution < -0.4 is 16.2 Å². The number of benzene rings is 2. The third-order valence-electron chi connectivity index (χ3n) is 9.54. The van der Waals surface area contributed by atoms with Crippen molar-refractivity contribution in [2.75, 3.05) is 16.7 Å². The maximum absolute atomic E-state index is 15.9. The monoisotopic (exact) mass is 750 g/mol. The van der Waals surface area contributed by atoms with Gasteiger partial charge in [-0.3, -0.25) is 19.2 Å². The number of anilines is 2. The van der Waals surface area contributed by atoms with Crippen molar-refractivity contribution in [3.63, 3.8) is 0 Å². The van der Waals surface area contributed by atoms with E-state index in [1.807, 2.05) is 0 Å². The summed E-state index contributed by atoms with van der Waals surface area (Å²) >= 11 is 0. The first-order valence-electron chi connectivity index (χ1n) is 15.7. The summed E-state index contributed by atoms with van der Waals surface area (Å²) in [6.07, 6.45) is -5.02. The molecule has 0 saturated heterocycles. The second kappa shape index (κ2) is 11.7. The number of carbonyl (C=O) groups excluding carboxylic acids is 1. The van der Waals surface area contributed by atoms with E-state index >= 15 is 8.78 Å². The number of pyridine rings is 1. The fraction of sp³-hybridized carbons (Fsp3) is 0.333. The lowest BCUT2D eigenvalue weighted by Gasteiger charge is -2.30. The third kappa shape index (κ3) is 5.79. The summed E-state index contributed by atoms with van der Waals surface area (Å²) < 4.78 is 132. The molecule has 2 aliphatic rings. The third-order valence-corrected chi connectivity index (χ3v) is 10.1. The van der Waals surface area contributed by atoms with E-state index in [0.717, 1.165) is 18.4 Å². The van der Waals surface area contributed by atoms with E-state index in [4.69, 9.17) is 11.5 Å². The minimum Gasteiger partial charge on any atom is -0.397 e. The number of fused-ring (bicyclic) bond motifs is 4. The molecule has 1 fully saturated rings. The van der Waals surface area contributed by atoms with E-state index in [1.165, 1.54) is 30.8 Å². The number of aromatic nitrogens is 5. The average molecular weight is 751 g/mol. The van der Waals surface area contributed by atoms with Gasteiger partial charge in [-0.15, -0.1) is 0 Å². The van der Waals surface area contributed by atoms with Crippen LogP contribution in [-0.4, -0.2) is 45.1 Å². The Morgan fingerprint density at radius 3 is 2.38 bits per heavy atom. The van der Waals surface area contributed by atoms with Crippen molar-refractivity contribution in [1.29, 1.82) is 0 Å². The van der Waals surface area contributed by atoms with Gasteiger partial charge in [-0.25, -0.2) is 21.9 Å². The van der Waals surface area contributed by atoms with Gasteiger partial charge in [0.1, 0.15) is 23.4 Å². The SMILES string of the molecule is Cc1nc([C@@H](Cc2cc(F)cc(F)c2)C(C(N)=O)n2nc(C(F)(F)F)c3c2C(F)(F)[C@@H]2C[C@H]32)c(-c2cccc3c(NS(C)(=O)=O)nn(C)c23)cc1N. The highest BCUT2D eigenvalue weighted by Gasteiger charge is 2.69. The van der Waals surface area contributed by atoms with Crippen LogP contribution in [0, 0.1) is 24.5 Å². The summed E-state index contributed by atoms with van der Waals surface area (Å²) in [5.74, 6) is -11.5. The Bertz CT molecular complexity index is 2410. The van der Waals surface area contributed by atoms with Crippen LogP contribution in [0.2, 0.25) is 0 Å². The summed E-state index contributed by atoms with van der Waals surface area (Å²) in [5, 5.41) is 8.17. The van der Waals surface area contributed by atoms with Crippen LogP contribution in [0.15, 0.2) is 42.5 Å². The van der Waals surface area contributed by atoms with Gasteiger partial charge in [0, 0.05) is 47.0 Å². The van der Waals surface area contributed by atoms with Gasteiger partial charge >= 0.3 is 6.18 Å². The standard InChI is InChI=1S/C33H29F7N8O3S/c1-13-23(41)12-19(17-5-4-6-18-26(17)47(2)45-31(18)46-52(3,50)51)25(43-13)21(9-14-7-15(34)10-16(35)8-14)27(30(42)49)48-29-24(28(44-48)33(38,39)40)20-11-22(20)32(29,36)37/h4-8,10,12,20-22,27H,9,11,41H2,1-3H3,(H2,42,49)(H,45,46)/t20-,21+,22+,27?/m0/s1. The van der Waals surface area contributed by atoms with Crippen molar-refractivity contribution in [3.8, 4) is 11.1 Å². The zero-order valence-corrected chi connectivity index (χ0v) is 28.3. The van der Waals surface area contributed by atoms with Crippen molar-refractivity contribution < 1.29 is 43.9 Å². The lowest BCUT2D eigenvalue weighted by atomic mass is 9.83. The number of nitrogens with zero attached hydrogens (tertiary/aromatic N) is 5. The van der Waals surface area contributed by atoms with Crippen LogP contribution in [-0.2, 0) is 40.4 Å². The summed E-state index contributed by atoms with van der Waals surface area (Å²) in [4.78, 5) is 18.2. The minimum atomic E-state index is -5.18. The molecule has 0 spiro atoms. The number of aryl methyl sites for hydroxylation is 2.